The molecular weight excluding hydrogens is 324 g/mol. The molecule has 0 N–H and O–H groups in total. The summed E-state index contributed by atoms with van der Waals surface area (Å²) in [5.74, 6) is 0.893. The van der Waals surface area contributed by atoms with Gasteiger partial charge in [-0.25, -0.2) is 0 Å². The van der Waals surface area contributed by atoms with E-state index in [0.717, 1.165) is 10.2 Å². The van der Waals surface area contributed by atoms with E-state index < -0.39 is 0 Å². The van der Waals surface area contributed by atoms with Crippen molar-refractivity contribution in [3.63, 3.8) is 0 Å². The van der Waals surface area contributed by atoms with Crippen molar-refractivity contribution in [1.29, 1.82) is 0 Å². The Labute approximate surface area is 131 Å². The smallest absolute Gasteiger partial charge is 0.119 e. The molecule has 0 amide bonds. The lowest BCUT2D eigenvalue weighted by molar-refractivity contribution is 0.415. The second-order valence-corrected chi connectivity index (χ2v) is 6.06. The van der Waals surface area contributed by atoms with E-state index in [1.54, 1.807) is 7.11 Å². The maximum Gasteiger partial charge on any atom is 0.119 e. The predicted octanol–water partition coefficient (Wildman–Crippen LogP) is 5.92. The van der Waals surface area contributed by atoms with Gasteiger partial charge in [-0.3, -0.25) is 0 Å². The normalized spacial score (nSPS) is 11.3. The predicted molar refractivity (Wildman–Crippen MR) is 93.2 cm³/mol. The first-order valence-corrected chi connectivity index (χ1v) is 7.65. The summed E-state index contributed by atoms with van der Waals surface area (Å²) in [4.78, 5) is 0. The Bertz CT molecular complexity index is 968. The highest BCUT2D eigenvalue weighted by molar-refractivity contribution is 9.10. The molecule has 0 fully saturated rings. The summed E-state index contributed by atoms with van der Waals surface area (Å²) >= 11 is 3.59. The van der Waals surface area contributed by atoms with E-state index in [1.165, 1.54) is 32.3 Å². The van der Waals surface area contributed by atoms with Crippen LogP contribution in [0.25, 0.3) is 32.3 Å². The number of fused-ring (bicyclic) bond motifs is 6. The van der Waals surface area contributed by atoms with Crippen LogP contribution in [0.1, 0.15) is 0 Å². The van der Waals surface area contributed by atoms with Crippen LogP contribution in [0.3, 0.4) is 0 Å². The van der Waals surface area contributed by atoms with E-state index in [9.17, 15) is 0 Å². The molecule has 0 aliphatic carbocycles. The van der Waals surface area contributed by atoms with Gasteiger partial charge in [0.1, 0.15) is 5.75 Å². The van der Waals surface area contributed by atoms with Gasteiger partial charge in [-0.05, 0) is 56.6 Å². The number of benzene rings is 4. The standard InChI is InChI=1S/C19H13BrO/c1-21-13-7-9-17-16-8-6-12(20)10-18(16)14-4-2-3-5-15(14)19(17)11-13/h2-11H,1H3. The minimum atomic E-state index is 0.893. The molecule has 0 unspecified atom stereocenters. The zero-order valence-corrected chi connectivity index (χ0v) is 13.1. The Morgan fingerprint density at radius 1 is 0.667 bits per heavy atom. The molecule has 0 atom stereocenters. The zero-order chi connectivity index (χ0) is 14.4. The van der Waals surface area contributed by atoms with Gasteiger partial charge in [0.05, 0.1) is 7.11 Å². The van der Waals surface area contributed by atoms with Gasteiger partial charge in [0.2, 0.25) is 0 Å². The van der Waals surface area contributed by atoms with Crippen LogP contribution in [-0.2, 0) is 0 Å². The molecule has 0 spiro atoms. The summed E-state index contributed by atoms with van der Waals surface area (Å²) in [6, 6.07) is 21.3. The average Bonchev–Trinajstić information content (AvgIpc) is 2.54. The van der Waals surface area contributed by atoms with E-state index in [2.05, 4.69) is 70.5 Å². The molecular formula is C19H13BrO. The number of halogens is 1. The van der Waals surface area contributed by atoms with E-state index >= 15 is 0 Å². The fraction of sp³-hybridized carbons (Fsp3) is 0.0526. The molecule has 0 aromatic heterocycles. The van der Waals surface area contributed by atoms with E-state index in [1.807, 2.05) is 6.07 Å². The SMILES string of the molecule is COc1ccc2c3ccc(Br)cc3c3ccccc3c2c1. The van der Waals surface area contributed by atoms with Gasteiger partial charge in [0.15, 0.2) is 0 Å². The van der Waals surface area contributed by atoms with Gasteiger partial charge < -0.3 is 4.74 Å². The summed E-state index contributed by atoms with van der Waals surface area (Å²) in [7, 11) is 1.71. The Hall–Kier alpha value is -2.06. The molecule has 4 rings (SSSR count). The third-order valence-corrected chi connectivity index (χ3v) is 4.50. The fourth-order valence-corrected chi connectivity index (χ4v) is 3.40. The van der Waals surface area contributed by atoms with Crippen LogP contribution in [0.4, 0.5) is 0 Å². The first-order valence-electron chi connectivity index (χ1n) is 6.85. The molecule has 102 valence electrons. The molecule has 4 aromatic rings. The van der Waals surface area contributed by atoms with Crippen molar-refractivity contribution < 1.29 is 4.74 Å². The van der Waals surface area contributed by atoms with Gasteiger partial charge in [-0.1, -0.05) is 52.3 Å². The molecule has 0 heterocycles. The van der Waals surface area contributed by atoms with Gasteiger partial charge >= 0.3 is 0 Å². The molecule has 0 aliphatic rings. The van der Waals surface area contributed by atoms with Crippen molar-refractivity contribution >= 4 is 48.2 Å². The Kier molecular flexibility index (Phi) is 2.86. The largest absolute Gasteiger partial charge is 0.497 e. The third kappa shape index (κ3) is 1.90. The lowest BCUT2D eigenvalue weighted by atomic mass is 9.94. The number of hydrogen-bond acceptors (Lipinski definition) is 1. The highest BCUT2D eigenvalue weighted by atomic mass is 79.9. The third-order valence-electron chi connectivity index (χ3n) is 4.01. The monoisotopic (exact) mass is 336 g/mol. The summed E-state index contributed by atoms with van der Waals surface area (Å²) in [6.07, 6.45) is 0. The van der Waals surface area contributed by atoms with Crippen molar-refractivity contribution in [3.05, 3.63) is 65.1 Å². The molecule has 2 heteroatoms. The lowest BCUT2D eigenvalue weighted by Gasteiger charge is -2.11. The molecule has 0 radical (unpaired) electrons. The zero-order valence-electron chi connectivity index (χ0n) is 11.6. The number of hydrogen-bond donors (Lipinski definition) is 0. The van der Waals surface area contributed by atoms with E-state index in [0.29, 0.717) is 0 Å². The van der Waals surface area contributed by atoms with Crippen LogP contribution >= 0.6 is 15.9 Å². The average molecular weight is 337 g/mol. The Morgan fingerprint density at radius 3 is 1.90 bits per heavy atom. The second-order valence-electron chi connectivity index (χ2n) is 5.15. The van der Waals surface area contributed by atoms with Crippen LogP contribution in [0.2, 0.25) is 0 Å². The molecule has 0 saturated heterocycles. The summed E-state index contributed by atoms with van der Waals surface area (Å²) in [5, 5.41) is 7.58. The number of rotatable bonds is 1. The summed E-state index contributed by atoms with van der Waals surface area (Å²) in [5.41, 5.74) is 0. The number of methoxy groups -OCH3 is 1. The van der Waals surface area contributed by atoms with Gasteiger partial charge in [-0.15, -0.1) is 0 Å². The molecule has 0 saturated carbocycles. The van der Waals surface area contributed by atoms with Crippen molar-refractivity contribution in [2.45, 2.75) is 0 Å². The molecule has 0 aliphatic heterocycles. The maximum atomic E-state index is 5.39. The van der Waals surface area contributed by atoms with Crippen LogP contribution in [-0.4, -0.2) is 7.11 Å². The van der Waals surface area contributed by atoms with Crippen molar-refractivity contribution in [2.24, 2.45) is 0 Å². The highest BCUT2D eigenvalue weighted by Gasteiger charge is 2.09. The quantitative estimate of drug-likeness (QED) is 0.392. The van der Waals surface area contributed by atoms with Crippen LogP contribution in [0.5, 0.6) is 5.75 Å². The second kappa shape index (κ2) is 4.74. The summed E-state index contributed by atoms with van der Waals surface area (Å²) in [6.45, 7) is 0. The first kappa shape index (κ1) is 12.7. The van der Waals surface area contributed by atoms with E-state index in [4.69, 9.17) is 4.74 Å². The number of ether oxygens (including phenoxy) is 1. The molecule has 1 nitrogen and oxygen atoms in total. The van der Waals surface area contributed by atoms with Gasteiger partial charge in [0.25, 0.3) is 0 Å². The summed E-state index contributed by atoms with van der Waals surface area (Å²) < 4.78 is 6.50. The van der Waals surface area contributed by atoms with Crippen LogP contribution in [0.15, 0.2) is 65.1 Å². The van der Waals surface area contributed by atoms with Crippen molar-refractivity contribution in [3.8, 4) is 5.75 Å². The highest BCUT2D eigenvalue weighted by Crippen LogP contribution is 2.37. The Balaban J connectivity index is 2.33. The minimum Gasteiger partial charge on any atom is -0.497 e. The topological polar surface area (TPSA) is 9.23 Å². The minimum absolute atomic E-state index is 0.893. The van der Waals surface area contributed by atoms with E-state index in [-0.39, 0.29) is 0 Å². The fourth-order valence-electron chi connectivity index (χ4n) is 3.04. The first-order chi connectivity index (χ1) is 10.3. The Morgan fingerprint density at radius 2 is 1.24 bits per heavy atom. The molecule has 4 aromatic carbocycles. The molecule has 21 heavy (non-hydrogen) atoms. The maximum absolute atomic E-state index is 5.39. The van der Waals surface area contributed by atoms with Gasteiger partial charge in [0, 0.05) is 4.47 Å². The van der Waals surface area contributed by atoms with Crippen LogP contribution < -0.4 is 4.74 Å². The van der Waals surface area contributed by atoms with Crippen molar-refractivity contribution in [2.75, 3.05) is 7.11 Å². The van der Waals surface area contributed by atoms with Crippen LogP contribution in [0, 0.1) is 0 Å². The molecule has 0 bridgehead atoms. The van der Waals surface area contributed by atoms with Crippen molar-refractivity contribution in [1.82, 2.24) is 0 Å². The van der Waals surface area contributed by atoms with Gasteiger partial charge in [-0.2, -0.15) is 0 Å². The lowest BCUT2D eigenvalue weighted by Crippen LogP contribution is -1.86.